The molecule has 2 aromatic carbocycles. The van der Waals surface area contributed by atoms with Crippen molar-refractivity contribution in [1.82, 2.24) is 4.90 Å². The maximum Gasteiger partial charge on any atom is 0.322 e. The van der Waals surface area contributed by atoms with Crippen LogP contribution in [0, 0.1) is 0 Å². The van der Waals surface area contributed by atoms with E-state index in [2.05, 4.69) is 17.4 Å². The van der Waals surface area contributed by atoms with Gasteiger partial charge in [0, 0.05) is 12.7 Å². The molecular formula is C18H21N3O3S. The molecule has 3 N–H and O–H groups in total. The summed E-state index contributed by atoms with van der Waals surface area (Å²) in [6.45, 7) is 0. The molecular weight excluding hydrogens is 338 g/mol. The van der Waals surface area contributed by atoms with E-state index < -0.39 is 10.0 Å². The van der Waals surface area contributed by atoms with E-state index >= 15 is 0 Å². The van der Waals surface area contributed by atoms with Gasteiger partial charge in [-0.25, -0.2) is 18.4 Å². The number of urea groups is 1. The number of aryl methyl sites for hydroxylation is 1. The second-order valence-electron chi connectivity index (χ2n) is 6.22. The van der Waals surface area contributed by atoms with Crippen LogP contribution in [0.3, 0.4) is 0 Å². The smallest absolute Gasteiger partial charge is 0.321 e. The summed E-state index contributed by atoms with van der Waals surface area (Å²) in [7, 11) is -1.96. The summed E-state index contributed by atoms with van der Waals surface area (Å²) in [6, 6.07) is 13.8. The third-order valence-corrected chi connectivity index (χ3v) is 5.49. The molecule has 1 atom stereocenters. The Balaban J connectivity index is 1.74. The molecule has 0 fully saturated rings. The molecule has 0 spiro atoms. The molecule has 2 amide bonds. The number of carbonyl (C=O) groups excluding carboxylic acids is 1. The number of rotatable bonds is 3. The van der Waals surface area contributed by atoms with Gasteiger partial charge in [-0.05, 0) is 54.7 Å². The Hall–Kier alpha value is -2.38. The Bertz CT molecular complexity index is 879. The van der Waals surface area contributed by atoms with Gasteiger partial charge in [-0.1, -0.05) is 24.3 Å². The van der Waals surface area contributed by atoms with Crippen molar-refractivity contribution in [2.24, 2.45) is 5.14 Å². The number of anilines is 1. The van der Waals surface area contributed by atoms with Crippen LogP contribution in [0.2, 0.25) is 0 Å². The third-order valence-electron chi connectivity index (χ3n) is 4.56. The van der Waals surface area contributed by atoms with Crippen LogP contribution in [0.25, 0.3) is 0 Å². The van der Waals surface area contributed by atoms with Gasteiger partial charge in [-0.15, -0.1) is 0 Å². The SMILES string of the molecule is CN(C(=O)Nc1ccc(S(N)(=O)=O)cc1)C1CCCc2ccccc21. The molecule has 1 unspecified atom stereocenters. The summed E-state index contributed by atoms with van der Waals surface area (Å²) in [5, 5.41) is 7.88. The number of benzene rings is 2. The standard InChI is InChI=1S/C18H21N3O3S/c1-21(17-8-4-6-13-5-2-3-7-16(13)17)18(22)20-14-9-11-15(12-10-14)25(19,23)24/h2-3,5,7,9-12,17H,4,6,8H2,1H3,(H,20,22)(H2,19,23,24). The monoisotopic (exact) mass is 359 g/mol. The first-order valence-corrected chi connectivity index (χ1v) is 9.65. The van der Waals surface area contributed by atoms with Gasteiger partial charge in [0.05, 0.1) is 10.9 Å². The average molecular weight is 359 g/mol. The van der Waals surface area contributed by atoms with E-state index in [1.54, 1.807) is 11.9 Å². The van der Waals surface area contributed by atoms with Crippen molar-refractivity contribution in [1.29, 1.82) is 0 Å². The largest absolute Gasteiger partial charge is 0.322 e. The first-order valence-electron chi connectivity index (χ1n) is 8.11. The first kappa shape index (κ1) is 17.4. The number of amides is 2. The number of nitrogens with two attached hydrogens (primary N) is 1. The van der Waals surface area contributed by atoms with Crippen LogP contribution in [0.5, 0.6) is 0 Å². The highest BCUT2D eigenvalue weighted by molar-refractivity contribution is 7.89. The Labute approximate surface area is 147 Å². The van der Waals surface area contributed by atoms with Crippen molar-refractivity contribution in [2.45, 2.75) is 30.2 Å². The number of nitrogens with zero attached hydrogens (tertiary/aromatic N) is 1. The molecule has 25 heavy (non-hydrogen) atoms. The van der Waals surface area contributed by atoms with Crippen LogP contribution in [0.1, 0.15) is 30.0 Å². The minimum atomic E-state index is -3.74. The van der Waals surface area contributed by atoms with Crippen molar-refractivity contribution in [3.05, 3.63) is 59.7 Å². The molecule has 1 aliphatic carbocycles. The predicted molar refractivity (Wildman–Crippen MR) is 96.7 cm³/mol. The zero-order valence-electron chi connectivity index (χ0n) is 14.0. The van der Waals surface area contributed by atoms with E-state index in [9.17, 15) is 13.2 Å². The maximum absolute atomic E-state index is 12.6. The maximum atomic E-state index is 12.6. The number of primary sulfonamides is 1. The zero-order chi connectivity index (χ0) is 18.0. The van der Waals surface area contributed by atoms with Crippen LogP contribution in [0.15, 0.2) is 53.4 Å². The van der Waals surface area contributed by atoms with E-state index in [1.807, 2.05) is 12.1 Å². The van der Waals surface area contributed by atoms with Gasteiger partial charge < -0.3 is 10.2 Å². The van der Waals surface area contributed by atoms with Crippen molar-refractivity contribution in [3.8, 4) is 0 Å². The Morgan fingerprint density at radius 2 is 1.84 bits per heavy atom. The molecule has 0 aromatic heterocycles. The number of hydrogen-bond acceptors (Lipinski definition) is 3. The van der Waals surface area contributed by atoms with E-state index in [-0.39, 0.29) is 17.0 Å². The lowest BCUT2D eigenvalue weighted by Crippen LogP contribution is -2.36. The molecule has 0 aliphatic heterocycles. The molecule has 7 heteroatoms. The van der Waals surface area contributed by atoms with E-state index in [0.717, 1.165) is 19.3 Å². The highest BCUT2D eigenvalue weighted by Crippen LogP contribution is 2.33. The van der Waals surface area contributed by atoms with Crippen LogP contribution in [-0.2, 0) is 16.4 Å². The average Bonchev–Trinajstić information content (AvgIpc) is 2.60. The molecule has 0 heterocycles. The number of nitrogens with one attached hydrogen (secondary N) is 1. The van der Waals surface area contributed by atoms with Crippen LogP contribution < -0.4 is 10.5 Å². The molecule has 1 aliphatic rings. The fraction of sp³-hybridized carbons (Fsp3) is 0.278. The summed E-state index contributed by atoms with van der Waals surface area (Å²) in [4.78, 5) is 14.3. The zero-order valence-corrected chi connectivity index (χ0v) is 14.8. The molecule has 0 saturated carbocycles. The van der Waals surface area contributed by atoms with Crippen molar-refractivity contribution >= 4 is 21.7 Å². The van der Waals surface area contributed by atoms with Gasteiger partial charge in [0.1, 0.15) is 0 Å². The minimum Gasteiger partial charge on any atom is -0.321 e. The molecule has 6 nitrogen and oxygen atoms in total. The van der Waals surface area contributed by atoms with E-state index in [1.165, 1.54) is 35.4 Å². The lowest BCUT2D eigenvalue weighted by molar-refractivity contribution is 0.197. The molecule has 3 rings (SSSR count). The lowest BCUT2D eigenvalue weighted by Gasteiger charge is -2.33. The summed E-state index contributed by atoms with van der Waals surface area (Å²) in [5.74, 6) is 0. The number of sulfonamides is 1. The number of fused-ring (bicyclic) bond motifs is 1. The van der Waals surface area contributed by atoms with Crippen LogP contribution >= 0.6 is 0 Å². The minimum absolute atomic E-state index is 0.0139. The van der Waals surface area contributed by atoms with E-state index in [0.29, 0.717) is 5.69 Å². The molecule has 0 radical (unpaired) electrons. The quantitative estimate of drug-likeness (QED) is 0.882. The van der Waals surface area contributed by atoms with Crippen LogP contribution in [-0.4, -0.2) is 26.4 Å². The summed E-state index contributed by atoms with van der Waals surface area (Å²) < 4.78 is 22.6. The van der Waals surface area contributed by atoms with E-state index in [4.69, 9.17) is 5.14 Å². The third kappa shape index (κ3) is 3.83. The fourth-order valence-corrected chi connectivity index (χ4v) is 3.73. The normalized spacial score (nSPS) is 16.8. The highest BCUT2D eigenvalue weighted by Gasteiger charge is 2.26. The summed E-state index contributed by atoms with van der Waals surface area (Å²) >= 11 is 0. The van der Waals surface area contributed by atoms with Gasteiger partial charge in [-0.2, -0.15) is 0 Å². The van der Waals surface area contributed by atoms with Gasteiger partial charge >= 0.3 is 6.03 Å². The molecule has 2 aromatic rings. The Morgan fingerprint density at radius 1 is 1.16 bits per heavy atom. The lowest BCUT2D eigenvalue weighted by atomic mass is 9.87. The molecule has 0 saturated heterocycles. The summed E-state index contributed by atoms with van der Waals surface area (Å²) in [5.41, 5.74) is 3.00. The first-order chi connectivity index (χ1) is 11.9. The summed E-state index contributed by atoms with van der Waals surface area (Å²) in [6.07, 6.45) is 3.00. The Kier molecular flexibility index (Phi) is 4.78. The second kappa shape index (κ2) is 6.85. The van der Waals surface area contributed by atoms with Gasteiger partial charge in [0.25, 0.3) is 0 Å². The van der Waals surface area contributed by atoms with Gasteiger partial charge in [-0.3, -0.25) is 0 Å². The van der Waals surface area contributed by atoms with Crippen LogP contribution in [0.4, 0.5) is 10.5 Å². The fourth-order valence-electron chi connectivity index (χ4n) is 3.21. The van der Waals surface area contributed by atoms with Gasteiger partial charge in [0.15, 0.2) is 0 Å². The highest BCUT2D eigenvalue weighted by atomic mass is 32.2. The second-order valence-corrected chi connectivity index (χ2v) is 7.78. The van der Waals surface area contributed by atoms with Crippen molar-refractivity contribution in [3.63, 3.8) is 0 Å². The molecule has 0 bridgehead atoms. The topological polar surface area (TPSA) is 92.5 Å². The molecule has 132 valence electrons. The van der Waals surface area contributed by atoms with Crippen molar-refractivity contribution in [2.75, 3.05) is 12.4 Å². The number of carbonyl (C=O) groups is 1. The Morgan fingerprint density at radius 3 is 2.52 bits per heavy atom. The number of hydrogen-bond donors (Lipinski definition) is 2. The van der Waals surface area contributed by atoms with Gasteiger partial charge in [0.2, 0.25) is 10.0 Å². The predicted octanol–water partition coefficient (Wildman–Crippen LogP) is 2.88. The van der Waals surface area contributed by atoms with Crippen molar-refractivity contribution < 1.29 is 13.2 Å².